The number of thioether (sulfide) groups is 1. The predicted octanol–water partition coefficient (Wildman–Crippen LogP) is 4.06. The zero-order valence-electron chi connectivity index (χ0n) is 13.1. The van der Waals surface area contributed by atoms with Gasteiger partial charge in [-0.05, 0) is 44.9 Å². The molecule has 23 heavy (non-hydrogen) atoms. The topological polar surface area (TPSA) is 59.8 Å². The van der Waals surface area contributed by atoms with Gasteiger partial charge in [-0.2, -0.15) is 0 Å². The molecule has 1 saturated carbocycles. The average molecular weight is 395 g/mol. The van der Waals surface area contributed by atoms with E-state index >= 15 is 0 Å². The minimum atomic E-state index is -0.240. The fourth-order valence-corrected chi connectivity index (χ4v) is 3.67. The lowest BCUT2D eigenvalue weighted by Gasteiger charge is -2.13. The Hall–Kier alpha value is -1.34. The van der Waals surface area contributed by atoms with Gasteiger partial charge in [0.25, 0.3) is 0 Å². The quantitative estimate of drug-likeness (QED) is 0.750. The van der Waals surface area contributed by atoms with Crippen LogP contribution in [-0.4, -0.2) is 25.9 Å². The van der Waals surface area contributed by atoms with Crippen molar-refractivity contribution in [3.8, 4) is 0 Å². The van der Waals surface area contributed by atoms with Crippen LogP contribution in [0.1, 0.15) is 38.4 Å². The average Bonchev–Trinajstić information content (AvgIpc) is 3.28. The van der Waals surface area contributed by atoms with Crippen molar-refractivity contribution in [1.29, 1.82) is 0 Å². The van der Waals surface area contributed by atoms with E-state index in [9.17, 15) is 4.79 Å². The number of hydrogen-bond acceptors (Lipinski definition) is 4. The summed E-state index contributed by atoms with van der Waals surface area (Å²) < 4.78 is 3.07. The summed E-state index contributed by atoms with van der Waals surface area (Å²) in [5.74, 6) is 1.59. The van der Waals surface area contributed by atoms with Gasteiger partial charge in [-0.1, -0.05) is 33.8 Å². The summed E-state index contributed by atoms with van der Waals surface area (Å²) in [4.78, 5) is 12.4. The Balaban J connectivity index is 1.66. The maximum absolute atomic E-state index is 12.4. The molecule has 0 aliphatic heterocycles. The molecule has 0 spiro atoms. The molecule has 3 rings (SSSR count). The van der Waals surface area contributed by atoms with Crippen LogP contribution in [0.4, 0.5) is 5.69 Å². The first kappa shape index (κ1) is 16.5. The molecule has 7 heteroatoms. The molecule has 5 nitrogen and oxygen atoms in total. The third kappa shape index (κ3) is 3.95. The molecule has 0 radical (unpaired) electrons. The molecular formula is C16H19BrN4OS. The molecule has 1 N–H and O–H groups in total. The SMILES string of the molecule is CCn1c(S[C@@H](C)C(=O)Nc2cccc(Br)c2)nnc1C1CC1. The fraction of sp³-hybridized carbons (Fsp3) is 0.438. The van der Waals surface area contributed by atoms with E-state index in [4.69, 9.17) is 0 Å². The summed E-state index contributed by atoms with van der Waals surface area (Å²) in [5, 5.41) is 12.1. The number of amides is 1. The number of carbonyl (C=O) groups excluding carboxylic acids is 1. The normalized spacial score (nSPS) is 15.4. The van der Waals surface area contributed by atoms with Crippen molar-refractivity contribution in [3.63, 3.8) is 0 Å². The summed E-state index contributed by atoms with van der Waals surface area (Å²) in [7, 11) is 0. The third-order valence-electron chi connectivity index (χ3n) is 3.75. The molecule has 1 aliphatic rings. The highest BCUT2D eigenvalue weighted by Crippen LogP contribution is 2.40. The lowest BCUT2D eigenvalue weighted by molar-refractivity contribution is -0.115. The molecule has 122 valence electrons. The maximum Gasteiger partial charge on any atom is 0.237 e. The van der Waals surface area contributed by atoms with E-state index < -0.39 is 0 Å². The minimum absolute atomic E-state index is 0.0354. The Morgan fingerprint density at radius 1 is 1.48 bits per heavy atom. The van der Waals surface area contributed by atoms with Crippen molar-refractivity contribution in [3.05, 3.63) is 34.6 Å². The van der Waals surface area contributed by atoms with Crippen LogP contribution in [0, 0.1) is 0 Å². The first-order valence-electron chi connectivity index (χ1n) is 7.74. The van der Waals surface area contributed by atoms with E-state index in [0.29, 0.717) is 5.92 Å². The largest absolute Gasteiger partial charge is 0.325 e. The third-order valence-corrected chi connectivity index (χ3v) is 5.32. The zero-order valence-corrected chi connectivity index (χ0v) is 15.5. The van der Waals surface area contributed by atoms with Crippen molar-refractivity contribution in [1.82, 2.24) is 14.8 Å². The highest BCUT2D eigenvalue weighted by Gasteiger charge is 2.30. The van der Waals surface area contributed by atoms with Crippen molar-refractivity contribution < 1.29 is 4.79 Å². The van der Waals surface area contributed by atoms with Crippen molar-refractivity contribution in [2.45, 2.75) is 49.6 Å². The first-order chi connectivity index (χ1) is 11.1. The Bertz CT molecular complexity index is 714. The molecular weight excluding hydrogens is 376 g/mol. The Labute approximate surface area is 148 Å². The summed E-state index contributed by atoms with van der Waals surface area (Å²) in [6, 6.07) is 7.58. The Kier molecular flexibility index (Phi) is 5.06. The molecule has 1 aliphatic carbocycles. The molecule has 1 aromatic heterocycles. The molecule has 1 atom stereocenters. The fourth-order valence-electron chi connectivity index (χ4n) is 2.35. The van der Waals surface area contributed by atoms with Crippen LogP contribution in [0.3, 0.4) is 0 Å². The van der Waals surface area contributed by atoms with E-state index in [1.807, 2.05) is 31.2 Å². The second-order valence-corrected chi connectivity index (χ2v) is 7.84. The van der Waals surface area contributed by atoms with E-state index in [2.05, 4.69) is 42.9 Å². The van der Waals surface area contributed by atoms with E-state index in [-0.39, 0.29) is 11.2 Å². The second kappa shape index (κ2) is 7.05. The first-order valence-corrected chi connectivity index (χ1v) is 9.42. The lowest BCUT2D eigenvalue weighted by atomic mass is 10.3. The number of rotatable bonds is 6. The van der Waals surface area contributed by atoms with Gasteiger partial charge in [-0.3, -0.25) is 4.79 Å². The van der Waals surface area contributed by atoms with E-state index in [1.165, 1.54) is 24.6 Å². The number of nitrogens with one attached hydrogen (secondary N) is 1. The Morgan fingerprint density at radius 3 is 2.91 bits per heavy atom. The molecule has 1 heterocycles. The maximum atomic E-state index is 12.4. The highest BCUT2D eigenvalue weighted by atomic mass is 79.9. The summed E-state index contributed by atoms with van der Waals surface area (Å²) in [5.41, 5.74) is 0.785. The molecule has 0 bridgehead atoms. The number of anilines is 1. The van der Waals surface area contributed by atoms with Gasteiger partial charge in [0.15, 0.2) is 5.16 Å². The monoisotopic (exact) mass is 394 g/mol. The molecule has 1 amide bonds. The van der Waals surface area contributed by atoms with Gasteiger partial charge in [-0.25, -0.2) is 0 Å². The van der Waals surface area contributed by atoms with Crippen LogP contribution in [0.5, 0.6) is 0 Å². The summed E-state index contributed by atoms with van der Waals surface area (Å²) in [6.45, 7) is 4.82. The van der Waals surface area contributed by atoms with Crippen LogP contribution in [0.25, 0.3) is 0 Å². The smallest absolute Gasteiger partial charge is 0.237 e. The van der Waals surface area contributed by atoms with Gasteiger partial charge in [-0.15, -0.1) is 10.2 Å². The van der Waals surface area contributed by atoms with Crippen LogP contribution < -0.4 is 5.32 Å². The predicted molar refractivity (Wildman–Crippen MR) is 95.8 cm³/mol. The van der Waals surface area contributed by atoms with Crippen LogP contribution in [-0.2, 0) is 11.3 Å². The number of carbonyl (C=O) groups is 1. The molecule has 2 aromatic rings. The highest BCUT2D eigenvalue weighted by molar-refractivity contribution is 9.10. The van der Waals surface area contributed by atoms with Gasteiger partial charge >= 0.3 is 0 Å². The van der Waals surface area contributed by atoms with Crippen LogP contribution in [0.2, 0.25) is 0 Å². The van der Waals surface area contributed by atoms with Crippen LogP contribution >= 0.6 is 27.7 Å². The molecule has 0 unspecified atom stereocenters. The molecule has 1 aromatic carbocycles. The number of nitrogens with zero attached hydrogens (tertiary/aromatic N) is 3. The van der Waals surface area contributed by atoms with Gasteiger partial charge in [0.05, 0.1) is 5.25 Å². The van der Waals surface area contributed by atoms with E-state index in [1.54, 1.807) is 0 Å². The standard InChI is InChI=1S/C16H19BrN4OS/c1-3-21-14(11-7-8-11)19-20-16(21)23-10(2)15(22)18-13-6-4-5-12(17)9-13/h4-6,9-11H,3,7-8H2,1-2H3,(H,18,22)/t10-/m0/s1. The minimum Gasteiger partial charge on any atom is -0.325 e. The zero-order chi connectivity index (χ0) is 16.4. The van der Waals surface area contributed by atoms with Gasteiger partial charge in [0.2, 0.25) is 5.91 Å². The Morgan fingerprint density at radius 2 is 2.26 bits per heavy atom. The molecule has 1 fully saturated rings. The number of benzene rings is 1. The molecule has 0 saturated heterocycles. The van der Waals surface area contributed by atoms with Crippen molar-refractivity contribution in [2.75, 3.05) is 5.32 Å². The van der Waals surface area contributed by atoms with Crippen molar-refractivity contribution >= 4 is 39.3 Å². The lowest BCUT2D eigenvalue weighted by Crippen LogP contribution is -2.23. The van der Waals surface area contributed by atoms with E-state index in [0.717, 1.165) is 27.7 Å². The van der Waals surface area contributed by atoms with Gasteiger partial charge in [0, 0.05) is 22.6 Å². The van der Waals surface area contributed by atoms with Gasteiger partial charge in [0.1, 0.15) is 5.82 Å². The van der Waals surface area contributed by atoms with Gasteiger partial charge < -0.3 is 9.88 Å². The number of aromatic nitrogens is 3. The number of halogens is 1. The summed E-state index contributed by atoms with van der Waals surface area (Å²) >= 11 is 4.86. The number of hydrogen-bond donors (Lipinski definition) is 1. The second-order valence-electron chi connectivity index (χ2n) is 5.62. The van der Waals surface area contributed by atoms with Crippen molar-refractivity contribution in [2.24, 2.45) is 0 Å². The van der Waals surface area contributed by atoms with Crippen LogP contribution in [0.15, 0.2) is 33.9 Å². The summed E-state index contributed by atoms with van der Waals surface area (Å²) in [6.07, 6.45) is 2.39.